The van der Waals surface area contributed by atoms with Crippen molar-refractivity contribution in [2.24, 2.45) is 5.92 Å². The number of hydrogen-bond donors (Lipinski definition) is 1. The minimum Gasteiger partial charge on any atom is -0.368 e. The fraction of sp³-hybridized carbons (Fsp3) is 0.391. The largest absolute Gasteiger partial charge is 0.408 e. The van der Waals surface area contributed by atoms with Gasteiger partial charge in [0.25, 0.3) is 0 Å². The number of alkyl halides is 5. The Morgan fingerprint density at radius 1 is 0.943 bits per heavy atom. The number of anilines is 1. The van der Waals surface area contributed by atoms with Gasteiger partial charge in [0.15, 0.2) is 0 Å². The van der Waals surface area contributed by atoms with E-state index in [1.807, 2.05) is 16.8 Å². The van der Waals surface area contributed by atoms with Gasteiger partial charge in [-0.3, -0.25) is 9.67 Å². The van der Waals surface area contributed by atoms with Crippen LogP contribution in [0.2, 0.25) is 0 Å². The molecule has 4 aromatic rings. The zero-order valence-corrected chi connectivity index (χ0v) is 18.5. The minimum atomic E-state index is -4.39. The molecule has 2 N–H and O–H groups in total. The van der Waals surface area contributed by atoms with Gasteiger partial charge < -0.3 is 10.3 Å². The molecule has 0 aromatic carbocycles. The number of halogens is 5. The lowest BCUT2D eigenvalue weighted by Crippen LogP contribution is -2.26. The number of hydrogen-bond acceptors (Lipinski definition) is 5. The van der Waals surface area contributed by atoms with Gasteiger partial charge in [-0.25, -0.2) is 18.7 Å². The first kappa shape index (κ1) is 23.2. The molecule has 12 heteroatoms. The van der Waals surface area contributed by atoms with Crippen LogP contribution in [0.4, 0.5) is 27.9 Å². The van der Waals surface area contributed by atoms with Crippen LogP contribution in [0.1, 0.15) is 25.7 Å². The Kier molecular flexibility index (Phi) is 5.68. The van der Waals surface area contributed by atoms with Crippen molar-refractivity contribution in [2.45, 2.75) is 50.9 Å². The minimum absolute atomic E-state index is 0.0505. The van der Waals surface area contributed by atoms with E-state index in [0.29, 0.717) is 41.6 Å². The van der Waals surface area contributed by atoms with Crippen LogP contribution >= 0.6 is 0 Å². The number of pyridine rings is 1. The maximum absolute atomic E-state index is 13.7. The zero-order chi connectivity index (χ0) is 24.8. The summed E-state index contributed by atoms with van der Waals surface area (Å²) in [4.78, 5) is 12.6. The monoisotopic (exact) mass is 491 g/mol. The molecule has 184 valence electrons. The summed E-state index contributed by atoms with van der Waals surface area (Å²) < 4.78 is 68.5. The van der Waals surface area contributed by atoms with Crippen LogP contribution in [0.25, 0.3) is 33.3 Å². The summed E-state index contributed by atoms with van der Waals surface area (Å²) in [6.45, 7) is -0.705. The van der Waals surface area contributed by atoms with Crippen molar-refractivity contribution >= 4 is 17.0 Å². The molecule has 1 aliphatic rings. The SMILES string of the molecule is Nc1ncc(-c2cnc3c(-c4cnn(CC(F)(F)F)c4)cn(CC4CCC(F)(F)CC4)c3c2)cn1. The summed E-state index contributed by atoms with van der Waals surface area (Å²) in [5.41, 5.74) is 9.42. The summed E-state index contributed by atoms with van der Waals surface area (Å²) in [5, 5.41) is 3.85. The second-order valence-corrected chi connectivity index (χ2v) is 8.96. The van der Waals surface area contributed by atoms with E-state index < -0.39 is 18.6 Å². The lowest BCUT2D eigenvalue weighted by Gasteiger charge is -2.28. The number of nitrogen functional groups attached to an aromatic ring is 1. The highest BCUT2D eigenvalue weighted by Crippen LogP contribution is 2.38. The van der Waals surface area contributed by atoms with Crippen LogP contribution in [0.5, 0.6) is 0 Å². The Bertz CT molecular complexity index is 1330. The van der Waals surface area contributed by atoms with Crippen LogP contribution < -0.4 is 5.73 Å². The molecule has 0 aliphatic heterocycles. The maximum Gasteiger partial charge on any atom is 0.408 e. The highest BCUT2D eigenvalue weighted by Gasteiger charge is 2.35. The number of fused-ring (bicyclic) bond motifs is 1. The Morgan fingerprint density at radius 3 is 2.31 bits per heavy atom. The average Bonchev–Trinajstić information content (AvgIpc) is 3.38. The number of nitrogens with zero attached hydrogens (tertiary/aromatic N) is 6. The molecule has 0 radical (unpaired) electrons. The van der Waals surface area contributed by atoms with Crippen molar-refractivity contribution in [2.75, 3.05) is 5.73 Å². The topological polar surface area (TPSA) is 87.4 Å². The first-order chi connectivity index (χ1) is 16.6. The Morgan fingerprint density at radius 2 is 1.63 bits per heavy atom. The van der Waals surface area contributed by atoms with E-state index >= 15 is 0 Å². The first-order valence-electron chi connectivity index (χ1n) is 11.1. The Labute approximate surface area is 196 Å². The fourth-order valence-electron chi connectivity index (χ4n) is 4.51. The van der Waals surface area contributed by atoms with Crippen molar-refractivity contribution in [3.8, 4) is 22.3 Å². The third-order valence-corrected chi connectivity index (χ3v) is 6.30. The van der Waals surface area contributed by atoms with Crippen LogP contribution in [-0.4, -0.2) is 41.4 Å². The molecule has 4 heterocycles. The lowest BCUT2D eigenvalue weighted by atomic mass is 9.87. The molecule has 35 heavy (non-hydrogen) atoms. The summed E-state index contributed by atoms with van der Waals surface area (Å²) in [6.07, 6.45) is 5.37. The summed E-state index contributed by atoms with van der Waals surface area (Å²) >= 11 is 0. The van der Waals surface area contributed by atoms with Crippen molar-refractivity contribution in [3.63, 3.8) is 0 Å². The summed E-state index contributed by atoms with van der Waals surface area (Å²) in [6, 6.07) is 1.89. The maximum atomic E-state index is 13.7. The molecule has 0 saturated heterocycles. The second-order valence-electron chi connectivity index (χ2n) is 8.96. The molecular formula is C23H22F5N7. The molecule has 7 nitrogen and oxygen atoms in total. The van der Waals surface area contributed by atoms with E-state index in [1.165, 1.54) is 12.4 Å². The van der Waals surface area contributed by atoms with E-state index in [2.05, 4.69) is 20.1 Å². The van der Waals surface area contributed by atoms with E-state index in [-0.39, 0.29) is 24.7 Å². The molecule has 5 rings (SSSR count). The van der Waals surface area contributed by atoms with Gasteiger partial charge in [-0.05, 0) is 24.8 Å². The molecule has 0 amide bonds. The van der Waals surface area contributed by atoms with Crippen LogP contribution in [-0.2, 0) is 13.1 Å². The summed E-state index contributed by atoms with van der Waals surface area (Å²) in [7, 11) is 0. The molecule has 1 fully saturated rings. The van der Waals surface area contributed by atoms with Crippen molar-refractivity contribution < 1.29 is 22.0 Å². The van der Waals surface area contributed by atoms with E-state index in [0.717, 1.165) is 15.8 Å². The second kappa shape index (κ2) is 8.58. The Balaban J connectivity index is 1.54. The molecule has 0 bridgehead atoms. The average molecular weight is 491 g/mol. The third kappa shape index (κ3) is 5.10. The van der Waals surface area contributed by atoms with E-state index in [1.54, 1.807) is 18.6 Å². The zero-order valence-electron chi connectivity index (χ0n) is 18.5. The van der Waals surface area contributed by atoms with Gasteiger partial charge in [-0.2, -0.15) is 18.3 Å². The number of aromatic nitrogens is 6. The molecule has 0 unspecified atom stereocenters. The third-order valence-electron chi connectivity index (χ3n) is 6.30. The standard InChI is InChI=1S/C23H22F5N7/c24-22(25)3-1-14(2-4-22)10-34-12-18(17-9-33-35(11-17)13-23(26,27)28)20-19(34)5-15(6-30-20)16-7-31-21(29)32-8-16/h5-9,11-12,14H,1-4,10,13H2,(H2,29,31,32). The molecule has 1 saturated carbocycles. The summed E-state index contributed by atoms with van der Waals surface area (Å²) in [5.74, 6) is -2.44. The van der Waals surface area contributed by atoms with Crippen molar-refractivity contribution in [3.05, 3.63) is 43.2 Å². The molecule has 4 aromatic heterocycles. The van der Waals surface area contributed by atoms with Crippen molar-refractivity contribution in [1.29, 1.82) is 0 Å². The molecule has 0 spiro atoms. The highest BCUT2D eigenvalue weighted by molar-refractivity contribution is 5.94. The number of rotatable bonds is 5. The van der Waals surface area contributed by atoms with Gasteiger partial charge in [-0.15, -0.1) is 0 Å². The predicted molar refractivity (Wildman–Crippen MR) is 119 cm³/mol. The quantitative estimate of drug-likeness (QED) is 0.382. The van der Waals surface area contributed by atoms with Crippen LogP contribution in [0.15, 0.2) is 43.2 Å². The van der Waals surface area contributed by atoms with Gasteiger partial charge in [0.1, 0.15) is 6.54 Å². The van der Waals surface area contributed by atoms with E-state index in [4.69, 9.17) is 5.73 Å². The van der Waals surface area contributed by atoms with Crippen LogP contribution in [0.3, 0.4) is 0 Å². The van der Waals surface area contributed by atoms with Crippen LogP contribution in [0, 0.1) is 5.92 Å². The fourth-order valence-corrected chi connectivity index (χ4v) is 4.51. The van der Waals surface area contributed by atoms with Gasteiger partial charge in [0.2, 0.25) is 11.9 Å². The van der Waals surface area contributed by atoms with E-state index in [9.17, 15) is 22.0 Å². The molecular weight excluding hydrogens is 469 g/mol. The van der Waals surface area contributed by atoms with Gasteiger partial charge in [0.05, 0.1) is 17.2 Å². The number of nitrogens with two attached hydrogens (primary N) is 1. The van der Waals surface area contributed by atoms with Gasteiger partial charge in [-0.1, -0.05) is 0 Å². The van der Waals surface area contributed by atoms with Gasteiger partial charge >= 0.3 is 6.18 Å². The Hall–Kier alpha value is -3.57. The molecule has 0 atom stereocenters. The lowest BCUT2D eigenvalue weighted by molar-refractivity contribution is -0.142. The first-order valence-corrected chi connectivity index (χ1v) is 11.1. The normalized spacial score (nSPS) is 16.7. The van der Waals surface area contributed by atoms with Gasteiger partial charge in [0, 0.05) is 72.6 Å². The van der Waals surface area contributed by atoms with Crippen molar-refractivity contribution in [1.82, 2.24) is 29.3 Å². The highest BCUT2D eigenvalue weighted by atomic mass is 19.4. The predicted octanol–water partition coefficient (Wildman–Crippen LogP) is 5.33. The smallest absolute Gasteiger partial charge is 0.368 e. The molecule has 1 aliphatic carbocycles.